The third-order valence-electron chi connectivity index (χ3n) is 2.26. The largest absolute Gasteiger partial charge is 0.442 e. The molecule has 0 N–H and O–H groups in total. The number of nitroso groups, excluding NO2 is 1. The number of nitrogens with zero attached hydrogens (tertiary/aromatic N) is 2. The second kappa shape index (κ2) is 4.08. The SMILES string of the molecule is O=NN1CC(Cc2ccccc2)OC1=O. The maximum atomic E-state index is 11.0. The van der Waals surface area contributed by atoms with E-state index in [-0.39, 0.29) is 12.6 Å². The zero-order valence-corrected chi connectivity index (χ0v) is 8.00. The molecule has 0 radical (unpaired) electrons. The Kier molecular flexibility index (Phi) is 2.62. The minimum absolute atomic E-state index is 0.233. The van der Waals surface area contributed by atoms with E-state index in [1.54, 1.807) is 0 Å². The van der Waals surface area contributed by atoms with Crippen molar-refractivity contribution in [3.63, 3.8) is 0 Å². The lowest BCUT2D eigenvalue weighted by atomic mass is 10.1. The first kappa shape index (κ1) is 9.64. The van der Waals surface area contributed by atoms with Gasteiger partial charge in [-0.2, -0.15) is 5.01 Å². The number of hydrogen-bond acceptors (Lipinski definition) is 4. The van der Waals surface area contributed by atoms with Gasteiger partial charge in [-0.15, -0.1) is 4.91 Å². The number of carbonyl (C=O) groups excluding carboxylic acids is 1. The van der Waals surface area contributed by atoms with Crippen molar-refractivity contribution in [1.29, 1.82) is 0 Å². The second-order valence-corrected chi connectivity index (χ2v) is 3.36. The molecule has 1 aliphatic rings. The first-order valence-electron chi connectivity index (χ1n) is 4.65. The Balaban J connectivity index is 1.98. The van der Waals surface area contributed by atoms with Crippen LogP contribution in [-0.2, 0) is 11.2 Å². The highest BCUT2D eigenvalue weighted by Crippen LogP contribution is 2.15. The van der Waals surface area contributed by atoms with Gasteiger partial charge in [0.05, 0.1) is 11.8 Å². The maximum Gasteiger partial charge on any atom is 0.433 e. The summed E-state index contributed by atoms with van der Waals surface area (Å²) < 4.78 is 4.96. The van der Waals surface area contributed by atoms with Gasteiger partial charge in [-0.1, -0.05) is 30.3 Å². The van der Waals surface area contributed by atoms with Gasteiger partial charge in [-0.25, -0.2) is 4.79 Å². The smallest absolute Gasteiger partial charge is 0.433 e. The van der Waals surface area contributed by atoms with Gasteiger partial charge in [0, 0.05) is 6.42 Å². The molecular formula is C10H10N2O3. The lowest BCUT2D eigenvalue weighted by Gasteiger charge is -2.06. The fraction of sp³-hybridized carbons (Fsp3) is 0.300. The molecule has 0 bridgehead atoms. The van der Waals surface area contributed by atoms with E-state index < -0.39 is 6.09 Å². The molecule has 5 heteroatoms. The van der Waals surface area contributed by atoms with Crippen LogP contribution in [0.25, 0.3) is 0 Å². The van der Waals surface area contributed by atoms with Crippen LogP contribution in [0.2, 0.25) is 0 Å². The molecule has 78 valence electrons. The van der Waals surface area contributed by atoms with Crippen molar-refractivity contribution in [2.24, 2.45) is 5.29 Å². The highest BCUT2D eigenvalue weighted by Gasteiger charge is 2.32. The van der Waals surface area contributed by atoms with Crippen LogP contribution >= 0.6 is 0 Å². The van der Waals surface area contributed by atoms with Crippen LogP contribution in [0.3, 0.4) is 0 Å². The zero-order chi connectivity index (χ0) is 10.7. The predicted octanol–water partition coefficient (Wildman–Crippen LogP) is 1.73. The number of carbonyl (C=O) groups is 1. The number of cyclic esters (lactones) is 1. The molecule has 1 aromatic rings. The summed E-state index contributed by atoms with van der Waals surface area (Å²) >= 11 is 0. The third-order valence-corrected chi connectivity index (χ3v) is 2.26. The second-order valence-electron chi connectivity index (χ2n) is 3.36. The molecule has 1 fully saturated rings. The average Bonchev–Trinajstić information content (AvgIpc) is 2.60. The highest BCUT2D eigenvalue weighted by atomic mass is 16.6. The van der Waals surface area contributed by atoms with Crippen LogP contribution in [0, 0.1) is 4.91 Å². The molecule has 0 saturated carbocycles. The fourth-order valence-electron chi connectivity index (χ4n) is 1.56. The topological polar surface area (TPSA) is 59.0 Å². The van der Waals surface area contributed by atoms with Gasteiger partial charge < -0.3 is 4.74 Å². The Bertz CT molecular complexity index is 366. The molecule has 1 unspecified atom stereocenters. The van der Waals surface area contributed by atoms with Crippen LogP contribution in [0.15, 0.2) is 35.6 Å². The summed E-state index contributed by atoms with van der Waals surface area (Å²) in [7, 11) is 0. The molecule has 1 heterocycles. The van der Waals surface area contributed by atoms with Crippen LogP contribution in [0.5, 0.6) is 0 Å². The molecule has 0 aromatic heterocycles. The monoisotopic (exact) mass is 206 g/mol. The molecule has 1 aromatic carbocycles. The normalized spacial score (nSPS) is 20.1. The van der Waals surface area contributed by atoms with Crippen molar-refractivity contribution in [3.05, 3.63) is 40.8 Å². The summed E-state index contributed by atoms with van der Waals surface area (Å²) in [6.07, 6.45) is -0.331. The van der Waals surface area contributed by atoms with E-state index in [0.29, 0.717) is 6.42 Å². The summed E-state index contributed by atoms with van der Waals surface area (Å²) in [5, 5.41) is 3.37. The molecule has 0 spiro atoms. The van der Waals surface area contributed by atoms with Crippen molar-refractivity contribution in [2.45, 2.75) is 12.5 Å². The summed E-state index contributed by atoms with van der Waals surface area (Å²) in [6, 6.07) is 9.66. The zero-order valence-electron chi connectivity index (χ0n) is 8.00. The van der Waals surface area contributed by atoms with E-state index in [1.807, 2.05) is 30.3 Å². The van der Waals surface area contributed by atoms with E-state index in [4.69, 9.17) is 4.74 Å². The number of ether oxygens (including phenoxy) is 1. The Morgan fingerprint density at radius 2 is 2.13 bits per heavy atom. The molecule has 0 aliphatic carbocycles. The lowest BCUT2D eigenvalue weighted by molar-refractivity contribution is 0.132. The lowest BCUT2D eigenvalue weighted by Crippen LogP contribution is -2.18. The van der Waals surface area contributed by atoms with Gasteiger partial charge in [-0.3, -0.25) is 0 Å². The Labute approximate surface area is 86.6 Å². The van der Waals surface area contributed by atoms with Gasteiger partial charge in [0.15, 0.2) is 0 Å². The minimum Gasteiger partial charge on any atom is -0.442 e. The van der Waals surface area contributed by atoms with E-state index >= 15 is 0 Å². The van der Waals surface area contributed by atoms with Crippen molar-refractivity contribution >= 4 is 6.09 Å². The maximum absolute atomic E-state index is 11.0. The van der Waals surface area contributed by atoms with Crippen LogP contribution in [0.4, 0.5) is 4.79 Å². The first-order valence-corrected chi connectivity index (χ1v) is 4.65. The quantitative estimate of drug-likeness (QED) is 0.707. The first-order chi connectivity index (χ1) is 7.29. The predicted molar refractivity (Wildman–Crippen MR) is 52.9 cm³/mol. The van der Waals surface area contributed by atoms with E-state index in [2.05, 4.69) is 5.29 Å². The van der Waals surface area contributed by atoms with Gasteiger partial charge in [0.1, 0.15) is 6.10 Å². The van der Waals surface area contributed by atoms with Crippen molar-refractivity contribution in [3.8, 4) is 0 Å². The van der Waals surface area contributed by atoms with Crippen molar-refractivity contribution < 1.29 is 9.53 Å². The highest BCUT2D eigenvalue weighted by molar-refractivity contribution is 5.69. The molecule has 5 nitrogen and oxygen atoms in total. The Hall–Kier alpha value is -1.91. The summed E-state index contributed by atoms with van der Waals surface area (Å²) in [5.74, 6) is 0. The van der Waals surface area contributed by atoms with E-state index in [0.717, 1.165) is 10.6 Å². The molecule has 15 heavy (non-hydrogen) atoms. The fourth-order valence-corrected chi connectivity index (χ4v) is 1.56. The molecule has 1 saturated heterocycles. The Morgan fingerprint density at radius 1 is 1.40 bits per heavy atom. The molecule has 1 amide bonds. The minimum atomic E-state index is -0.661. The summed E-state index contributed by atoms with van der Waals surface area (Å²) in [5.41, 5.74) is 1.07. The van der Waals surface area contributed by atoms with Crippen LogP contribution in [0.1, 0.15) is 5.56 Å². The van der Waals surface area contributed by atoms with E-state index in [9.17, 15) is 9.70 Å². The Morgan fingerprint density at radius 3 is 2.73 bits per heavy atom. The number of rotatable bonds is 3. The third kappa shape index (κ3) is 2.12. The van der Waals surface area contributed by atoms with Gasteiger partial charge in [-0.05, 0) is 5.56 Å². The number of benzene rings is 1. The number of amides is 1. The molecule has 1 aliphatic heterocycles. The van der Waals surface area contributed by atoms with E-state index in [1.165, 1.54) is 0 Å². The molecule has 1 atom stereocenters. The molecule has 2 rings (SSSR count). The van der Waals surface area contributed by atoms with Crippen LogP contribution < -0.4 is 0 Å². The van der Waals surface area contributed by atoms with Crippen LogP contribution in [-0.4, -0.2) is 23.8 Å². The van der Waals surface area contributed by atoms with Gasteiger partial charge >= 0.3 is 6.09 Å². The van der Waals surface area contributed by atoms with Crippen molar-refractivity contribution in [2.75, 3.05) is 6.54 Å². The average molecular weight is 206 g/mol. The van der Waals surface area contributed by atoms with Gasteiger partial charge in [0.25, 0.3) is 0 Å². The van der Waals surface area contributed by atoms with Crippen molar-refractivity contribution in [1.82, 2.24) is 5.01 Å². The summed E-state index contributed by atoms with van der Waals surface area (Å²) in [6.45, 7) is 0.233. The standard InChI is InChI=1S/C10H10N2O3/c13-10-12(11-14)7-9(15-10)6-8-4-2-1-3-5-8/h1-5,9H,6-7H2. The van der Waals surface area contributed by atoms with Gasteiger partial charge in [0.2, 0.25) is 0 Å². The summed E-state index contributed by atoms with van der Waals surface area (Å²) in [4.78, 5) is 21.2. The number of hydrogen-bond donors (Lipinski definition) is 0. The molecular weight excluding hydrogens is 196 g/mol.